The first kappa shape index (κ1) is 13.0. The molecular weight excluding hydrogens is 271 g/mol. The van der Waals surface area contributed by atoms with Gasteiger partial charge in [0, 0.05) is 22.2 Å². The molecule has 1 aromatic carbocycles. The molecule has 2 N–H and O–H groups in total. The summed E-state index contributed by atoms with van der Waals surface area (Å²) < 4.78 is 1.58. The van der Waals surface area contributed by atoms with Gasteiger partial charge in [-0.1, -0.05) is 23.2 Å². The number of aromatic nitrogens is 1. The first-order valence-electron chi connectivity index (χ1n) is 5.49. The molecule has 2 rings (SSSR count). The molecule has 18 heavy (non-hydrogen) atoms. The summed E-state index contributed by atoms with van der Waals surface area (Å²) in [4.78, 5) is 12.0. The summed E-state index contributed by atoms with van der Waals surface area (Å²) in [6, 6.07) is 8.51. The van der Waals surface area contributed by atoms with Crippen molar-refractivity contribution in [3.05, 3.63) is 50.7 Å². The Bertz CT molecular complexity index is 650. The van der Waals surface area contributed by atoms with Crippen LogP contribution in [0.3, 0.4) is 0 Å². The van der Waals surface area contributed by atoms with E-state index in [9.17, 15) is 4.79 Å². The van der Waals surface area contributed by atoms with E-state index in [-0.39, 0.29) is 11.2 Å². The third-order valence-corrected chi connectivity index (χ3v) is 3.29. The third kappa shape index (κ3) is 2.24. The van der Waals surface area contributed by atoms with Gasteiger partial charge < -0.3 is 10.3 Å². The number of rotatable bonds is 2. The molecule has 2 aromatic rings. The summed E-state index contributed by atoms with van der Waals surface area (Å²) in [7, 11) is 0. The molecule has 0 aliphatic heterocycles. The fourth-order valence-corrected chi connectivity index (χ4v) is 2.22. The van der Waals surface area contributed by atoms with Crippen LogP contribution in [0.5, 0.6) is 0 Å². The van der Waals surface area contributed by atoms with E-state index in [0.717, 1.165) is 5.56 Å². The highest BCUT2D eigenvalue weighted by molar-refractivity contribution is 6.35. The molecule has 0 unspecified atom stereocenters. The number of pyridine rings is 1. The van der Waals surface area contributed by atoms with Gasteiger partial charge in [-0.05, 0) is 37.3 Å². The maximum Gasteiger partial charge on any atom is 0.274 e. The number of nitrogens with zero attached hydrogens (tertiary/aromatic N) is 1. The smallest absolute Gasteiger partial charge is 0.274 e. The van der Waals surface area contributed by atoms with E-state index in [0.29, 0.717) is 22.3 Å². The normalized spacial score (nSPS) is 10.6. The Morgan fingerprint density at radius 1 is 1.22 bits per heavy atom. The van der Waals surface area contributed by atoms with Crippen LogP contribution in [0.2, 0.25) is 10.0 Å². The Morgan fingerprint density at radius 3 is 2.61 bits per heavy atom. The van der Waals surface area contributed by atoms with Crippen LogP contribution in [0.1, 0.15) is 6.92 Å². The molecule has 0 aliphatic rings. The van der Waals surface area contributed by atoms with Crippen LogP contribution in [-0.2, 0) is 6.54 Å². The Kier molecular flexibility index (Phi) is 3.64. The second-order valence-electron chi connectivity index (χ2n) is 3.85. The van der Waals surface area contributed by atoms with E-state index in [1.807, 2.05) is 6.92 Å². The van der Waals surface area contributed by atoms with Crippen LogP contribution in [0, 0.1) is 0 Å². The molecule has 0 aliphatic carbocycles. The van der Waals surface area contributed by atoms with Crippen molar-refractivity contribution in [2.75, 3.05) is 5.73 Å². The molecule has 0 radical (unpaired) electrons. The summed E-state index contributed by atoms with van der Waals surface area (Å²) in [5.74, 6) is 0. The van der Waals surface area contributed by atoms with Crippen molar-refractivity contribution in [2.24, 2.45) is 0 Å². The summed E-state index contributed by atoms with van der Waals surface area (Å²) >= 11 is 12.1. The minimum Gasteiger partial charge on any atom is -0.394 e. The predicted molar refractivity (Wildman–Crippen MR) is 76.2 cm³/mol. The first-order chi connectivity index (χ1) is 8.54. The van der Waals surface area contributed by atoms with Gasteiger partial charge in [-0.15, -0.1) is 0 Å². The topological polar surface area (TPSA) is 48.0 Å². The number of halogens is 2. The molecule has 1 aromatic heterocycles. The highest BCUT2D eigenvalue weighted by Crippen LogP contribution is 2.30. The van der Waals surface area contributed by atoms with Gasteiger partial charge in [0.25, 0.3) is 5.56 Å². The van der Waals surface area contributed by atoms with Gasteiger partial charge in [-0.3, -0.25) is 4.79 Å². The lowest BCUT2D eigenvalue weighted by Crippen LogP contribution is -2.23. The fourth-order valence-electron chi connectivity index (χ4n) is 1.84. The van der Waals surface area contributed by atoms with E-state index in [4.69, 9.17) is 28.9 Å². The van der Waals surface area contributed by atoms with Crippen molar-refractivity contribution in [1.29, 1.82) is 0 Å². The number of nitrogens with two attached hydrogens (primary N) is 1. The van der Waals surface area contributed by atoms with Gasteiger partial charge in [0.2, 0.25) is 0 Å². The van der Waals surface area contributed by atoms with Crippen molar-refractivity contribution in [3.8, 4) is 11.3 Å². The number of anilines is 1. The Labute approximate surface area is 115 Å². The van der Waals surface area contributed by atoms with Crippen molar-refractivity contribution < 1.29 is 0 Å². The molecule has 1 heterocycles. The van der Waals surface area contributed by atoms with E-state index < -0.39 is 0 Å². The Morgan fingerprint density at radius 2 is 1.94 bits per heavy atom. The van der Waals surface area contributed by atoms with E-state index in [2.05, 4.69) is 0 Å². The van der Waals surface area contributed by atoms with Crippen molar-refractivity contribution in [2.45, 2.75) is 13.5 Å². The van der Waals surface area contributed by atoms with Crippen LogP contribution >= 0.6 is 23.2 Å². The highest BCUT2D eigenvalue weighted by atomic mass is 35.5. The van der Waals surface area contributed by atoms with Gasteiger partial charge in [0.1, 0.15) is 0 Å². The second kappa shape index (κ2) is 5.04. The summed E-state index contributed by atoms with van der Waals surface area (Å²) in [5.41, 5.74) is 7.06. The van der Waals surface area contributed by atoms with Crippen LogP contribution in [0.4, 0.5) is 5.69 Å². The lowest BCUT2D eigenvalue weighted by molar-refractivity contribution is 0.738. The molecule has 0 bridgehead atoms. The monoisotopic (exact) mass is 282 g/mol. The minimum atomic E-state index is -0.217. The quantitative estimate of drug-likeness (QED) is 0.918. The lowest BCUT2D eigenvalue weighted by atomic mass is 10.1. The summed E-state index contributed by atoms with van der Waals surface area (Å²) in [6.45, 7) is 2.39. The molecule has 5 heteroatoms. The molecule has 0 saturated carbocycles. The van der Waals surface area contributed by atoms with Crippen molar-refractivity contribution in [3.63, 3.8) is 0 Å². The maximum absolute atomic E-state index is 12.0. The largest absolute Gasteiger partial charge is 0.394 e. The summed E-state index contributed by atoms with van der Waals surface area (Å²) in [6.07, 6.45) is 0. The van der Waals surface area contributed by atoms with E-state index in [1.54, 1.807) is 34.9 Å². The SMILES string of the molecule is CCn1c(-c2cc(Cl)ccc2Cl)ccc(N)c1=O. The van der Waals surface area contributed by atoms with Crippen LogP contribution < -0.4 is 11.3 Å². The van der Waals surface area contributed by atoms with Crippen molar-refractivity contribution in [1.82, 2.24) is 4.57 Å². The Balaban J connectivity index is 2.75. The van der Waals surface area contributed by atoms with Crippen LogP contribution in [0.15, 0.2) is 35.1 Å². The zero-order chi connectivity index (χ0) is 13.3. The molecule has 0 saturated heterocycles. The van der Waals surface area contributed by atoms with Gasteiger partial charge in [0.05, 0.1) is 11.4 Å². The minimum absolute atomic E-state index is 0.217. The van der Waals surface area contributed by atoms with Crippen molar-refractivity contribution >= 4 is 28.9 Å². The zero-order valence-corrected chi connectivity index (χ0v) is 11.3. The zero-order valence-electron chi connectivity index (χ0n) is 9.78. The molecular formula is C13H12Cl2N2O. The highest BCUT2D eigenvalue weighted by Gasteiger charge is 2.11. The van der Waals surface area contributed by atoms with Crippen LogP contribution in [-0.4, -0.2) is 4.57 Å². The van der Waals surface area contributed by atoms with Gasteiger partial charge in [0.15, 0.2) is 0 Å². The third-order valence-electron chi connectivity index (χ3n) is 2.72. The van der Waals surface area contributed by atoms with E-state index >= 15 is 0 Å². The number of benzene rings is 1. The molecule has 0 amide bonds. The fraction of sp³-hybridized carbons (Fsp3) is 0.154. The number of hydrogen-bond acceptors (Lipinski definition) is 2. The Hall–Kier alpha value is -1.45. The molecule has 0 fully saturated rings. The molecule has 3 nitrogen and oxygen atoms in total. The second-order valence-corrected chi connectivity index (χ2v) is 4.69. The van der Waals surface area contributed by atoms with Gasteiger partial charge >= 0.3 is 0 Å². The van der Waals surface area contributed by atoms with E-state index in [1.165, 1.54) is 0 Å². The molecule has 94 valence electrons. The lowest BCUT2D eigenvalue weighted by Gasteiger charge is -2.13. The first-order valence-corrected chi connectivity index (χ1v) is 6.25. The average Bonchev–Trinajstić information content (AvgIpc) is 2.35. The maximum atomic E-state index is 12.0. The number of hydrogen-bond donors (Lipinski definition) is 1. The van der Waals surface area contributed by atoms with Gasteiger partial charge in [-0.2, -0.15) is 0 Å². The summed E-state index contributed by atoms with van der Waals surface area (Å²) in [5, 5.41) is 1.12. The average molecular weight is 283 g/mol. The molecule has 0 spiro atoms. The standard InChI is InChI=1S/C13H12Cl2N2O/c1-2-17-12(6-5-11(16)13(17)18)9-7-8(14)3-4-10(9)15/h3-7H,2,16H2,1H3. The molecule has 0 atom stereocenters. The number of nitrogen functional groups attached to an aromatic ring is 1. The predicted octanol–water partition coefficient (Wildman–Crippen LogP) is 3.42. The van der Waals surface area contributed by atoms with Crippen LogP contribution in [0.25, 0.3) is 11.3 Å². The van der Waals surface area contributed by atoms with Gasteiger partial charge in [-0.25, -0.2) is 0 Å².